The first-order valence-corrected chi connectivity index (χ1v) is 5.66. The van der Waals surface area contributed by atoms with Crippen molar-refractivity contribution in [3.63, 3.8) is 0 Å². The number of phenols is 1. The van der Waals surface area contributed by atoms with Gasteiger partial charge in [-0.25, -0.2) is 4.79 Å². The molecule has 0 radical (unpaired) electrons. The summed E-state index contributed by atoms with van der Waals surface area (Å²) in [7, 11) is 0. The van der Waals surface area contributed by atoms with Gasteiger partial charge in [0.05, 0.1) is 5.69 Å². The fraction of sp³-hybridized carbons (Fsp3) is 0. The van der Waals surface area contributed by atoms with Crippen molar-refractivity contribution in [1.29, 1.82) is 0 Å². The Morgan fingerprint density at radius 2 is 1.68 bits per heavy atom. The smallest absolute Gasteiger partial charge is 0.328 e. The highest BCUT2D eigenvalue weighted by atomic mass is 16.4. The molecular weight excluding hydrogens is 242 g/mol. The monoisotopic (exact) mass is 255 g/mol. The van der Waals surface area contributed by atoms with Gasteiger partial charge in [-0.1, -0.05) is 30.3 Å². The van der Waals surface area contributed by atoms with Crippen molar-refractivity contribution in [2.75, 3.05) is 5.73 Å². The molecule has 0 unspecified atom stereocenters. The average Bonchev–Trinajstić information content (AvgIpc) is 2.40. The summed E-state index contributed by atoms with van der Waals surface area (Å²) >= 11 is 0. The van der Waals surface area contributed by atoms with Gasteiger partial charge in [0.25, 0.3) is 0 Å². The van der Waals surface area contributed by atoms with Crippen LogP contribution < -0.4 is 5.73 Å². The highest BCUT2D eigenvalue weighted by Crippen LogP contribution is 2.28. The van der Waals surface area contributed by atoms with E-state index in [0.29, 0.717) is 5.69 Å². The lowest BCUT2D eigenvalue weighted by molar-refractivity contribution is -0.131. The Bertz CT molecular complexity index is 630. The molecule has 0 fully saturated rings. The van der Waals surface area contributed by atoms with Crippen molar-refractivity contribution in [1.82, 2.24) is 0 Å². The van der Waals surface area contributed by atoms with Gasteiger partial charge in [-0.05, 0) is 34.9 Å². The molecule has 0 amide bonds. The molecule has 2 aromatic rings. The molecule has 0 aliphatic carbocycles. The van der Waals surface area contributed by atoms with Crippen molar-refractivity contribution in [3.05, 3.63) is 54.1 Å². The summed E-state index contributed by atoms with van der Waals surface area (Å²) < 4.78 is 0. The molecule has 0 aromatic heterocycles. The van der Waals surface area contributed by atoms with Crippen LogP contribution in [-0.4, -0.2) is 16.2 Å². The number of carboxylic acid groups (broad SMARTS) is 1. The molecule has 0 aliphatic heterocycles. The Hall–Kier alpha value is -2.75. The first-order chi connectivity index (χ1) is 9.06. The lowest BCUT2D eigenvalue weighted by atomic mass is 10.0. The van der Waals surface area contributed by atoms with Crippen LogP contribution in [0.2, 0.25) is 0 Å². The van der Waals surface area contributed by atoms with E-state index in [1.807, 2.05) is 30.3 Å². The Morgan fingerprint density at radius 3 is 2.26 bits per heavy atom. The summed E-state index contributed by atoms with van der Waals surface area (Å²) in [5.41, 5.74) is 8.45. The second-order valence-corrected chi connectivity index (χ2v) is 4.07. The summed E-state index contributed by atoms with van der Waals surface area (Å²) in [5.74, 6) is -0.931. The number of hydrogen-bond donors (Lipinski definition) is 3. The molecule has 0 bridgehead atoms. The van der Waals surface area contributed by atoms with Crippen LogP contribution in [0.4, 0.5) is 5.69 Å². The summed E-state index contributed by atoms with van der Waals surface area (Å²) in [6.07, 6.45) is 2.61. The third-order valence-electron chi connectivity index (χ3n) is 2.69. The molecule has 0 heterocycles. The van der Waals surface area contributed by atoms with Gasteiger partial charge in [0.2, 0.25) is 0 Å². The van der Waals surface area contributed by atoms with Crippen LogP contribution in [-0.2, 0) is 4.79 Å². The van der Waals surface area contributed by atoms with E-state index in [-0.39, 0.29) is 5.75 Å². The molecular formula is C15H13NO3. The first kappa shape index (κ1) is 12.7. The molecule has 2 rings (SSSR count). The number of carboxylic acids is 1. The van der Waals surface area contributed by atoms with Gasteiger partial charge in [-0.2, -0.15) is 0 Å². The molecule has 4 N–H and O–H groups in total. The summed E-state index contributed by atoms with van der Waals surface area (Å²) in [6.45, 7) is 0. The first-order valence-electron chi connectivity index (χ1n) is 5.66. The van der Waals surface area contributed by atoms with E-state index in [1.165, 1.54) is 6.08 Å². The Kier molecular flexibility index (Phi) is 3.52. The number of nitrogens with two attached hydrogens (primary N) is 1. The summed E-state index contributed by atoms with van der Waals surface area (Å²) in [6, 6.07) is 12.4. The van der Waals surface area contributed by atoms with Crippen LogP contribution >= 0.6 is 0 Å². The van der Waals surface area contributed by atoms with E-state index in [9.17, 15) is 9.90 Å². The zero-order valence-corrected chi connectivity index (χ0v) is 10.1. The maximum Gasteiger partial charge on any atom is 0.328 e. The molecule has 0 atom stereocenters. The fourth-order valence-corrected chi connectivity index (χ4v) is 1.68. The van der Waals surface area contributed by atoms with Crippen LogP contribution in [0.15, 0.2) is 48.5 Å². The minimum atomic E-state index is -0.979. The fourth-order valence-electron chi connectivity index (χ4n) is 1.68. The standard InChI is InChI=1S/C15H13NO3/c16-13-7-6-12(9-14(13)17)11-4-1-10(2-5-11)3-8-15(18)19/h1-9,17H,16H2,(H,18,19). The Balaban J connectivity index is 2.27. The molecule has 2 aromatic carbocycles. The van der Waals surface area contributed by atoms with Gasteiger partial charge in [-0.3, -0.25) is 0 Å². The van der Waals surface area contributed by atoms with Crippen LogP contribution in [0.3, 0.4) is 0 Å². The van der Waals surface area contributed by atoms with Gasteiger partial charge in [-0.15, -0.1) is 0 Å². The van der Waals surface area contributed by atoms with E-state index in [2.05, 4.69) is 0 Å². The lowest BCUT2D eigenvalue weighted by Gasteiger charge is -2.05. The predicted molar refractivity (Wildman–Crippen MR) is 74.6 cm³/mol. The van der Waals surface area contributed by atoms with E-state index in [0.717, 1.165) is 22.8 Å². The third kappa shape index (κ3) is 3.13. The van der Waals surface area contributed by atoms with Crippen LogP contribution in [0.25, 0.3) is 17.2 Å². The maximum absolute atomic E-state index is 10.4. The number of benzene rings is 2. The van der Waals surface area contributed by atoms with Gasteiger partial charge in [0.1, 0.15) is 5.75 Å². The van der Waals surface area contributed by atoms with Crippen LogP contribution in [0, 0.1) is 0 Å². The topological polar surface area (TPSA) is 83.6 Å². The number of aliphatic carboxylic acids is 1. The summed E-state index contributed by atoms with van der Waals surface area (Å²) in [4.78, 5) is 10.4. The molecule has 96 valence electrons. The van der Waals surface area contributed by atoms with Gasteiger partial charge >= 0.3 is 5.97 Å². The van der Waals surface area contributed by atoms with E-state index >= 15 is 0 Å². The highest BCUT2D eigenvalue weighted by molar-refractivity contribution is 5.85. The Morgan fingerprint density at radius 1 is 1.05 bits per heavy atom. The van der Waals surface area contributed by atoms with Crippen molar-refractivity contribution >= 4 is 17.7 Å². The van der Waals surface area contributed by atoms with Crippen LogP contribution in [0.5, 0.6) is 5.75 Å². The minimum absolute atomic E-state index is 0.0485. The molecule has 0 aliphatic rings. The van der Waals surface area contributed by atoms with Gasteiger partial charge in [0.15, 0.2) is 0 Å². The second kappa shape index (κ2) is 5.27. The normalized spacial score (nSPS) is 10.7. The Labute approximate surface area is 110 Å². The number of rotatable bonds is 3. The van der Waals surface area contributed by atoms with Crippen LogP contribution in [0.1, 0.15) is 5.56 Å². The highest BCUT2D eigenvalue weighted by Gasteiger charge is 2.01. The van der Waals surface area contributed by atoms with E-state index in [4.69, 9.17) is 10.8 Å². The molecule has 0 spiro atoms. The molecule has 0 saturated heterocycles. The van der Waals surface area contributed by atoms with Crippen molar-refractivity contribution in [3.8, 4) is 16.9 Å². The predicted octanol–water partition coefficient (Wildman–Crippen LogP) is 2.74. The second-order valence-electron chi connectivity index (χ2n) is 4.07. The number of anilines is 1. The molecule has 4 nitrogen and oxygen atoms in total. The molecule has 4 heteroatoms. The minimum Gasteiger partial charge on any atom is -0.506 e. The SMILES string of the molecule is Nc1ccc(-c2ccc(C=CC(=O)O)cc2)cc1O. The van der Waals surface area contributed by atoms with Gasteiger partial charge in [0, 0.05) is 6.08 Å². The zero-order chi connectivity index (χ0) is 13.8. The zero-order valence-electron chi connectivity index (χ0n) is 10.1. The number of carbonyl (C=O) groups is 1. The number of aromatic hydroxyl groups is 1. The average molecular weight is 255 g/mol. The quantitative estimate of drug-likeness (QED) is 0.447. The van der Waals surface area contributed by atoms with Gasteiger partial charge < -0.3 is 15.9 Å². The maximum atomic E-state index is 10.4. The third-order valence-corrected chi connectivity index (χ3v) is 2.69. The van der Waals surface area contributed by atoms with E-state index in [1.54, 1.807) is 12.1 Å². The van der Waals surface area contributed by atoms with E-state index < -0.39 is 5.97 Å². The van der Waals surface area contributed by atoms with Crippen molar-refractivity contribution in [2.24, 2.45) is 0 Å². The summed E-state index contributed by atoms with van der Waals surface area (Å²) in [5, 5.41) is 18.1. The molecule has 19 heavy (non-hydrogen) atoms. The number of phenolic OH excluding ortho intramolecular Hbond substituents is 1. The lowest BCUT2D eigenvalue weighted by Crippen LogP contribution is -1.87. The number of hydrogen-bond acceptors (Lipinski definition) is 3. The number of nitrogen functional groups attached to an aromatic ring is 1. The van der Waals surface area contributed by atoms with Crippen molar-refractivity contribution in [2.45, 2.75) is 0 Å². The largest absolute Gasteiger partial charge is 0.506 e. The van der Waals surface area contributed by atoms with Crippen molar-refractivity contribution < 1.29 is 15.0 Å². The molecule has 0 saturated carbocycles.